The molecule has 25 heavy (non-hydrogen) atoms. The van der Waals surface area contributed by atoms with Gasteiger partial charge >= 0.3 is 0 Å². The van der Waals surface area contributed by atoms with Crippen molar-refractivity contribution in [3.8, 4) is 5.75 Å². The molecule has 6 nitrogen and oxygen atoms in total. The number of amides is 1. The van der Waals surface area contributed by atoms with E-state index in [-0.39, 0.29) is 5.91 Å². The second-order valence-electron chi connectivity index (χ2n) is 6.64. The maximum atomic E-state index is 12.7. The summed E-state index contributed by atoms with van der Waals surface area (Å²) in [7, 11) is 0. The minimum atomic E-state index is 0.0662. The highest BCUT2D eigenvalue weighted by Gasteiger charge is 2.27. The van der Waals surface area contributed by atoms with E-state index in [2.05, 4.69) is 39.1 Å². The third kappa shape index (κ3) is 2.36. The number of aromatic amines is 2. The van der Waals surface area contributed by atoms with Gasteiger partial charge in [0.2, 0.25) is 0 Å². The Morgan fingerprint density at radius 3 is 2.84 bits per heavy atom. The molecule has 0 spiro atoms. The maximum absolute atomic E-state index is 12.7. The molecule has 1 fully saturated rings. The molecule has 3 aromatic rings. The topological polar surface area (TPSA) is 64.4 Å². The lowest BCUT2D eigenvalue weighted by molar-refractivity contribution is 0.0787. The first kappa shape index (κ1) is 14.5. The van der Waals surface area contributed by atoms with Crippen molar-refractivity contribution in [2.75, 3.05) is 31.1 Å². The van der Waals surface area contributed by atoms with Crippen LogP contribution >= 0.6 is 0 Å². The third-order valence-corrected chi connectivity index (χ3v) is 5.08. The smallest absolute Gasteiger partial charge is 0.270 e. The van der Waals surface area contributed by atoms with Crippen molar-refractivity contribution in [3.05, 3.63) is 42.2 Å². The number of aromatic nitrogens is 2. The summed E-state index contributed by atoms with van der Waals surface area (Å²) in [6.45, 7) is 3.04. The molecular weight excluding hydrogens is 316 g/mol. The number of hydrogen-bond donors (Lipinski definition) is 2. The van der Waals surface area contributed by atoms with Gasteiger partial charge in [0.15, 0.2) is 11.6 Å². The fourth-order valence-corrected chi connectivity index (χ4v) is 3.77. The molecule has 0 unspecified atom stereocenters. The van der Waals surface area contributed by atoms with E-state index in [0.29, 0.717) is 12.3 Å². The summed E-state index contributed by atoms with van der Waals surface area (Å²) in [5, 5.41) is 1.17. The molecule has 1 aromatic carbocycles. The van der Waals surface area contributed by atoms with Crippen molar-refractivity contribution in [1.82, 2.24) is 14.9 Å². The first-order valence-electron chi connectivity index (χ1n) is 8.79. The number of carbonyl (C=O) groups is 1. The van der Waals surface area contributed by atoms with Crippen LogP contribution < -0.4 is 9.64 Å². The number of ether oxygens (including phenoxy) is 1. The van der Waals surface area contributed by atoms with Gasteiger partial charge in [0.05, 0.1) is 6.54 Å². The summed E-state index contributed by atoms with van der Waals surface area (Å²) in [6.07, 6.45) is 4.12. The lowest BCUT2D eigenvalue weighted by Gasteiger charge is -2.28. The second kappa shape index (κ2) is 5.58. The zero-order valence-corrected chi connectivity index (χ0v) is 13.9. The number of anilines is 2. The molecular formula is C19H20N4O2. The van der Waals surface area contributed by atoms with Crippen LogP contribution in [0.3, 0.4) is 0 Å². The summed E-state index contributed by atoms with van der Waals surface area (Å²) >= 11 is 0. The lowest BCUT2D eigenvalue weighted by Crippen LogP contribution is -2.29. The van der Waals surface area contributed by atoms with Gasteiger partial charge < -0.3 is 24.5 Å². The van der Waals surface area contributed by atoms with Crippen molar-refractivity contribution in [1.29, 1.82) is 0 Å². The highest BCUT2D eigenvalue weighted by atomic mass is 16.5. The predicted molar refractivity (Wildman–Crippen MR) is 96.7 cm³/mol. The van der Waals surface area contributed by atoms with Crippen molar-refractivity contribution < 1.29 is 9.53 Å². The van der Waals surface area contributed by atoms with E-state index in [0.717, 1.165) is 55.2 Å². The first-order chi connectivity index (χ1) is 12.3. The molecule has 128 valence electrons. The average Bonchev–Trinajstić information content (AvgIpc) is 3.39. The quantitative estimate of drug-likeness (QED) is 0.755. The van der Waals surface area contributed by atoms with E-state index in [9.17, 15) is 4.79 Å². The molecule has 1 amide bonds. The Morgan fingerprint density at radius 2 is 1.96 bits per heavy atom. The van der Waals surface area contributed by atoms with Crippen LogP contribution in [0, 0.1) is 0 Å². The summed E-state index contributed by atoms with van der Waals surface area (Å²) in [5.74, 6) is 1.68. The van der Waals surface area contributed by atoms with Crippen LogP contribution in [0.4, 0.5) is 11.5 Å². The molecule has 2 aliphatic rings. The number of carbonyl (C=O) groups excluding carboxylic acids is 1. The predicted octanol–water partition coefficient (Wildman–Crippen LogP) is 3.26. The minimum Gasteiger partial charge on any atom is -0.488 e. The molecule has 0 radical (unpaired) electrons. The van der Waals surface area contributed by atoms with E-state index in [1.807, 2.05) is 17.2 Å². The van der Waals surface area contributed by atoms with Gasteiger partial charge in [-0.1, -0.05) is 0 Å². The van der Waals surface area contributed by atoms with Crippen molar-refractivity contribution >= 4 is 28.3 Å². The molecule has 1 saturated heterocycles. The van der Waals surface area contributed by atoms with Crippen molar-refractivity contribution in [3.63, 3.8) is 0 Å². The number of fused-ring (bicyclic) bond motifs is 2. The third-order valence-electron chi connectivity index (χ3n) is 5.08. The largest absolute Gasteiger partial charge is 0.488 e. The SMILES string of the molecule is O=C(c1cc2c([nH]1)N(c1ccc3[nH]ccc3c1)CCO2)N1CCCC1. The van der Waals surface area contributed by atoms with Gasteiger partial charge in [0.25, 0.3) is 5.91 Å². The van der Waals surface area contributed by atoms with E-state index in [1.54, 1.807) is 0 Å². The Balaban J connectivity index is 1.51. The number of benzene rings is 1. The van der Waals surface area contributed by atoms with Crippen LogP contribution in [0.2, 0.25) is 0 Å². The second-order valence-corrected chi connectivity index (χ2v) is 6.64. The van der Waals surface area contributed by atoms with Gasteiger partial charge in [-0.05, 0) is 37.1 Å². The Bertz CT molecular complexity index is 936. The molecule has 2 aliphatic heterocycles. The van der Waals surface area contributed by atoms with Gasteiger partial charge in [0, 0.05) is 41.9 Å². The molecule has 0 atom stereocenters. The average molecular weight is 336 g/mol. The van der Waals surface area contributed by atoms with E-state index in [1.165, 1.54) is 5.39 Å². The van der Waals surface area contributed by atoms with Crippen LogP contribution in [0.15, 0.2) is 36.5 Å². The number of nitrogens with zero attached hydrogens (tertiary/aromatic N) is 2. The van der Waals surface area contributed by atoms with Gasteiger partial charge in [-0.25, -0.2) is 0 Å². The molecule has 6 heteroatoms. The summed E-state index contributed by atoms with van der Waals surface area (Å²) < 4.78 is 5.79. The van der Waals surface area contributed by atoms with Gasteiger partial charge in [-0.3, -0.25) is 4.79 Å². The van der Waals surface area contributed by atoms with Crippen LogP contribution in [0.1, 0.15) is 23.3 Å². The van der Waals surface area contributed by atoms with Crippen LogP contribution in [-0.2, 0) is 0 Å². The molecule has 2 aromatic heterocycles. The zero-order valence-electron chi connectivity index (χ0n) is 13.9. The minimum absolute atomic E-state index is 0.0662. The fourth-order valence-electron chi connectivity index (χ4n) is 3.77. The van der Waals surface area contributed by atoms with Gasteiger partial charge in [-0.15, -0.1) is 0 Å². The Kier molecular flexibility index (Phi) is 3.23. The Labute approximate surface area is 145 Å². The number of hydrogen-bond acceptors (Lipinski definition) is 3. The summed E-state index contributed by atoms with van der Waals surface area (Å²) in [4.78, 5) is 23.3. The maximum Gasteiger partial charge on any atom is 0.270 e. The lowest BCUT2D eigenvalue weighted by atomic mass is 10.2. The van der Waals surface area contributed by atoms with Crippen molar-refractivity contribution in [2.45, 2.75) is 12.8 Å². The first-order valence-corrected chi connectivity index (χ1v) is 8.79. The molecule has 0 saturated carbocycles. The number of H-pyrrole nitrogens is 2. The molecule has 0 bridgehead atoms. The Hall–Kier alpha value is -2.89. The van der Waals surface area contributed by atoms with Crippen LogP contribution in [0.5, 0.6) is 5.75 Å². The number of likely N-dealkylation sites (tertiary alicyclic amines) is 1. The molecule has 0 aliphatic carbocycles. The van der Waals surface area contributed by atoms with Gasteiger partial charge in [-0.2, -0.15) is 0 Å². The van der Waals surface area contributed by atoms with Gasteiger partial charge in [0.1, 0.15) is 12.3 Å². The Morgan fingerprint density at radius 1 is 1.08 bits per heavy atom. The van der Waals surface area contributed by atoms with E-state index in [4.69, 9.17) is 4.74 Å². The highest BCUT2D eigenvalue weighted by Crippen LogP contribution is 2.38. The van der Waals surface area contributed by atoms with E-state index < -0.39 is 0 Å². The highest BCUT2D eigenvalue weighted by molar-refractivity contribution is 5.95. The molecule has 2 N–H and O–H groups in total. The monoisotopic (exact) mass is 336 g/mol. The zero-order chi connectivity index (χ0) is 16.8. The number of nitrogens with one attached hydrogen (secondary N) is 2. The van der Waals surface area contributed by atoms with E-state index >= 15 is 0 Å². The fraction of sp³-hybridized carbons (Fsp3) is 0.316. The van der Waals surface area contributed by atoms with Crippen LogP contribution in [0.25, 0.3) is 10.9 Å². The number of rotatable bonds is 2. The molecule has 4 heterocycles. The van der Waals surface area contributed by atoms with Crippen LogP contribution in [-0.4, -0.2) is 47.0 Å². The van der Waals surface area contributed by atoms with Crippen molar-refractivity contribution in [2.24, 2.45) is 0 Å². The summed E-state index contributed by atoms with van der Waals surface area (Å²) in [6, 6.07) is 10.2. The molecule has 5 rings (SSSR count). The standard InChI is InChI=1S/C19H20N4O2/c24-19(22-7-1-2-8-22)16-12-17-18(21-16)23(9-10-25-17)14-3-4-15-13(11-14)5-6-20-15/h3-6,11-12,20-21H,1-2,7-10H2. The summed E-state index contributed by atoms with van der Waals surface area (Å²) in [5.41, 5.74) is 2.83. The normalized spacial score (nSPS) is 17.0.